The molecule has 1 rings (SSSR count). The number of hydrazine groups is 1. The van der Waals surface area contributed by atoms with Crippen LogP contribution in [0.15, 0.2) is 18.3 Å². The van der Waals surface area contributed by atoms with Crippen molar-refractivity contribution in [3.8, 4) is 0 Å². The van der Waals surface area contributed by atoms with E-state index in [1.165, 1.54) is 0 Å². The van der Waals surface area contributed by atoms with Crippen LogP contribution in [-0.4, -0.2) is 34.7 Å². The fraction of sp³-hybridized carbons (Fsp3) is 0.545. The zero-order valence-corrected chi connectivity index (χ0v) is 9.85. The number of nitrogens with zero attached hydrogens (tertiary/aromatic N) is 2. The summed E-state index contributed by atoms with van der Waals surface area (Å²) in [5.74, 6) is 5.89. The summed E-state index contributed by atoms with van der Waals surface area (Å²) in [6.07, 6.45) is 2.34. The topological polar surface area (TPSA) is 74.4 Å². The molecule has 4 N–H and O–H groups in total. The molecule has 0 aliphatic carbocycles. The summed E-state index contributed by atoms with van der Waals surface area (Å²) in [6.45, 7) is 3.50. The Kier molecular flexibility index (Phi) is 5.18. The maximum atomic E-state index is 9.17. The Hall–Kier alpha value is -1.17. The van der Waals surface area contributed by atoms with Crippen molar-refractivity contribution in [2.75, 3.05) is 19.0 Å². The summed E-state index contributed by atoms with van der Waals surface area (Å²) in [5, 5.41) is 9.17. The van der Waals surface area contributed by atoms with Gasteiger partial charge in [-0.3, -0.25) is 0 Å². The molecule has 90 valence electrons. The molecular weight excluding hydrogens is 204 g/mol. The van der Waals surface area contributed by atoms with Crippen LogP contribution in [-0.2, 0) is 6.54 Å². The number of nitrogens with two attached hydrogens (primary N) is 1. The number of rotatable bonds is 6. The molecule has 0 aliphatic rings. The van der Waals surface area contributed by atoms with Crippen LogP contribution in [0.4, 0.5) is 5.82 Å². The summed E-state index contributed by atoms with van der Waals surface area (Å²) in [7, 11) is 2.03. The van der Waals surface area contributed by atoms with Gasteiger partial charge in [0.25, 0.3) is 0 Å². The van der Waals surface area contributed by atoms with Crippen molar-refractivity contribution >= 4 is 5.82 Å². The summed E-state index contributed by atoms with van der Waals surface area (Å²) in [6, 6.07) is 3.83. The van der Waals surface area contributed by atoms with Gasteiger partial charge in [-0.15, -0.1) is 0 Å². The number of pyridine rings is 1. The third-order valence-corrected chi connectivity index (χ3v) is 2.35. The highest BCUT2D eigenvalue weighted by Gasteiger charge is 2.03. The predicted octanol–water partition coefficient (Wildman–Crippen LogP) is 0.570. The first-order valence-corrected chi connectivity index (χ1v) is 5.40. The number of aliphatic hydroxyl groups excluding tert-OH is 1. The van der Waals surface area contributed by atoms with Crippen molar-refractivity contribution in [2.24, 2.45) is 5.84 Å². The third kappa shape index (κ3) is 4.57. The minimum Gasteiger partial charge on any atom is -0.393 e. The summed E-state index contributed by atoms with van der Waals surface area (Å²) in [4.78, 5) is 6.29. The maximum Gasteiger partial charge on any atom is 0.139 e. The Morgan fingerprint density at radius 1 is 1.56 bits per heavy atom. The van der Waals surface area contributed by atoms with Crippen LogP contribution < -0.4 is 11.3 Å². The number of nitrogens with one attached hydrogen (secondary N) is 1. The molecule has 0 amide bonds. The van der Waals surface area contributed by atoms with E-state index in [4.69, 9.17) is 5.84 Å². The van der Waals surface area contributed by atoms with E-state index in [0.717, 1.165) is 25.1 Å². The Bertz CT molecular complexity index is 299. The zero-order chi connectivity index (χ0) is 12.0. The molecule has 1 aromatic heterocycles. The standard InChI is InChI=1S/C11H20N4O/c1-9(16)5-6-15(2)8-10-3-4-11(14-12)13-7-10/h3-4,7,9,16H,5-6,8,12H2,1-2H3,(H,13,14). The van der Waals surface area contributed by atoms with Crippen molar-refractivity contribution in [3.05, 3.63) is 23.9 Å². The van der Waals surface area contributed by atoms with Gasteiger partial charge in [-0.2, -0.15) is 0 Å². The molecule has 0 bridgehead atoms. The summed E-state index contributed by atoms with van der Waals surface area (Å²) in [5.41, 5.74) is 3.62. The minimum atomic E-state index is -0.246. The number of aromatic nitrogens is 1. The van der Waals surface area contributed by atoms with Crippen LogP contribution in [0.3, 0.4) is 0 Å². The van der Waals surface area contributed by atoms with E-state index in [9.17, 15) is 5.11 Å². The molecule has 0 saturated carbocycles. The van der Waals surface area contributed by atoms with Crippen LogP contribution in [0.1, 0.15) is 18.9 Å². The quantitative estimate of drug-likeness (QED) is 0.486. The Labute approximate surface area is 96.3 Å². The SMILES string of the molecule is CC(O)CCN(C)Cc1ccc(NN)nc1. The first-order valence-electron chi connectivity index (χ1n) is 5.40. The highest BCUT2D eigenvalue weighted by molar-refractivity contribution is 5.33. The second kappa shape index (κ2) is 6.42. The second-order valence-electron chi connectivity index (χ2n) is 4.07. The lowest BCUT2D eigenvalue weighted by Gasteiger charge is -2.17. The maximum absolute atomic E-state index is 9.17. The predicted molar refractivity (Wildman–Crippen MR) is 64.7 cm³/mol. The number of hydrogen-bond donors (Lipinski definition) is 3. The van der Waals surface area contributed by atoms with E-state index >= 15 is 0 Å². The number of aliphatic hydroxyl groups is 1. The third-order valence-electron chi connectivity index (χ3n) is 2.35. The van der Waals surface area contributed by atoms with Gasteiger partial charge >= 0.3 is 0 Å². The van der Waals surface area contributed by atoms with Gasteiger partial charge in [0.2, 0.25) is 0 Å². The molecule has 0 aliphatic heterocycles. The lowest BCUT2D eigenvalue weighted by atomic mass is 10.2. The molecule has 0 saturated heterocycles. The van der Waals surface area contributed by atoms with Crippen molar-refractivity contribution < 1.29 is 5.11 Å². The van der Waals surface area contributed by atoms with Crippen molar-refractivity contribution in [2.45, 2.75) is 26.0 Å². The van der Waals surface area contributed by atoms with Gasteiger partial charge in [0.1, 0.15) is 5.82 Å². The molecule has 5 nitrogen and oxygen atoms in total. The summed E-state index contributed by atoms with van der Waals surface area (Å²) >= 11 is 0. The van der Waals surface area contributed by atoms with Gasteiger partial charge in [-0.25, -0.2) is 10.8 Å². The highest BCUT2D eigenvalue weighted by atomic mass is 16.3. The second-order valence-corrected chi connectivity index (χ2v) is 4.07. The molecule has 1 heterocycles. The molecule has 0 fully saturated rings. The first-order chi connectivity index (χ1) is 7.61. The van der Waals surface area contributed by atoms with E-state index in [0.29, 0.717) is 5.82 Å². The van der Waals surface area contributed by atoms with E-state index in [-0.39, 0.29) is 6.10 Å². The normalized spacial score (nSPS) is 12.8. The molecule has 0 radical (unpaired) electrons. The van der Waals surface area contributed by atoms with Gasteiger partial charge in [0.05, 0.1) is 6.10 Å². The fourth-order valence-electron chi connectivity index (χ4n) is 1.40. The highest BCUT2D eigenvalue weighted by Crippen LogP contribution is 2.06. The van der Waals surface area contributed by atoms with Gasteiger partial charge in [-0.05, 0) is 32.0 Å². The van der Waals surface area contributed by atoms with Crippen LogP contribution in [0.25, 0.3) is 0 Å². The van der Waals surface area contributed by atoms with Gasteiger partial charge in [0.15, 0.2) is 0 Å². The monoisotopic (exact) mass is 224 g/mol. The summed E-state index contributed by atoms with van der Waals surface area (Å²) < 4.78 is 0. The van der Waals surface area contributed by atoms with Crippen molar-refractivity contribution in [1.29, 1.82) is 0 Å². The lowest BCUT2D eigenvalue weighted by Crippen LogP contribution is -2.22. The van der Waals surface area contributed by atoms with Crippen molar-refractivity contribution in [3.63, 3.8) is 0 Å². The minimum absolute atomic E-state index is 0.246. The molecule has 1 unspecified atom stereocenters. The molecular formula is C11H20N4O. The Morgan fingerprint density at radius 2 is 2.31 bits per heavy atom. The molecule has 5 heteroatoms. The average Bonchev–Trinajstić information content (AvgIpc) is 2.27. The van der Waals surface area contributed by atoms with E-state index in [2.05, 4.69) is 15.3 Å². The fourth-order valence-corrected chi connectivity index (χ4v) is 1.40. The average molecular weight is 224 g/mol. The van der Waals surface area contributed by atoms with Crippen molar-refractivity contribution in [1.82, 2.24) is 9.88 Å². The molecule has 0 spiro atoms. The van der Waals surface area contributed by atoms with Crippen LogP contribution in [0.5, 0.6) is 0 Å². The van der Waals surface area contributed by atoms with E-state index in [1.807, 2.05) is 19.2 Å². The first kappa shape index (κ1) is 12.9. The zero-order valence-electron chi connectivity index (χ0n) is 9.85. The van der Waals surface area contributed by atoms with Gasteiger partial charge < -0.3 is 15.4 Å². The molecule has 16 heavy (non-hydrogen) atoms. The smallest absolute Gasteiger partial charge is 0.139 e. The number of nitrogen functional groups attached to an aromatic ring is 1. The van der Waals surface area contributed by atoms with E-state index < -0.39 is 0 Å². The van der Waals surface area contributed by atoms with Crippen LogP contribution >= 0.6 is 0 Å². The van der Waals surface area contributed by atoms with Gasteiger partial charge in [-0.1, -0.05) is 6.07 Å². The molecule has 0 aromatic carbocycles. The van der Waals surface area contributed by atoms with Crippen LogP contribution in [0.2, 0.25) is 0 Å². The lowest BCUT2D eigenvalue weighted by molar-refractivity contribution is 0.163. The largest absolute Gasteiger partial charge is 0.393 e. The Balaban J connectivity index is 2.40. The van der Waals surface area contributed by atoms with Crippen LogP contribution in [0, 0.1) is 0 Å². The number of anilines is 1. The molecule has 1 aromatic rings. The number of hydrogen-bond acceptors (Lipinski definition) is 5. The van der Waals surface area contributed by atoms with E-state index in [1.54, 1.807) is 13.1 Å². The van der Waals surface area contributed by atoms with Gasteiger partial charge in [0, 0.05) is 19.3 Å². The molecule has 1 atom stereocenters. The Morgan fingerprint density at radius 3 is 2.81 bits per heavy atom.